The average molecular weight is 893 g/mol. The van der Waals surface area contributed by atoms with Crippen LogP contribution in [-0.2, 0) is 37.5 Å². The van der Waals surface area contributed by atoms with E-state index in [9.17, 15) is 39.2 Å². The minimum atomic E-state index is -4.71. The van der Waals surface area contributed by atoms with Crippen LogP contribution in [0.15, 0.2) is 85.1 Å². The first-order valence-corrected chi connectivity index (χ1v) is 24.1. The molecule has 1 rings (SSSR count). The zero-order chi connectivity index (χ0) is 45.7. The minimum absolute atomic E-state index is 0.0194. The third-order valence-corrected chi connectivity index (χ3v) is 10.9. The number of hydrogen-bond acceptors (Lipinski definition) is 12. The minimum Gasteiger partial charge on any atom is -0.462 e. The number of carbonyl (C=O) groups excluding carboxylic acids is 3. The van der Waals surface area contributed by atoms with E-state index in [1.165, 1.54) is 0 Å². The normalized spacial score (nSPS) is 19.9. The zero-order valence-electron chi connectivity index (χ0n) is 37.3. The molecule has 1 aliphatic rings. The maximum Gasteiger partial charge on any atom is 0.472 e. The van der Waals surface area contributed by atoms with Crippen molar-refractivity contribution in [3.63, 3.8) is 0 Å². The van der Waals surface area contributed by atoms with Crippen LogP contribution in [0.5, 0.6) is 0 Å². The number of ketones is 1. The van der Waals surface area contributed by atoms with Gasteiger partial charge in [0.05, 0.1) is 32.0 Å². The summed E-state index contributed by atoms with van der Waals surface area (Å²) >= 11 is 0. The third kappa shape index (κ3) is 30.7. The molecular formula is C48H77O13P. The first kappa shape index (κ1) is 56.8. The van der Waals surface area contributed by atoms with E-state index in [0.717, 1.165) is 70.6 Å². The van der Waals surface area contributed by atoms with Crippen molar-refractivity contribution in [1.29, 1.82) is 0 Å². The van der Waals surface area contributed by atoms with Gasteiger partial charge in [-0.05, 0) is 77.0 Å². The van der Waals surface area contributed by atoms with Gasteiger partial charge in [0.15, 0.2) is 6.10 Å². The molecule has 5 N–H and O–H groups in total. The lowest BCUT2D eigenvalue weighted by molar-refractivity contribution is -0.161. The summed E-state index contributed by atoms with van der Waals surface area (Å²) in [4.78, 5) is 47.7. The molecule has 0 aliphatic heterocycles. The van der Waals surface area contributed by atoms with Crippen LogP contribution in [-0.4, -0.2) is 93.9 Å². The van der Waals surface area contributed by atoms with Gasteiger partial charge in [0.2, 0.25) is 0 Å². The molecule has 0 aromatic carbocycles. The topological polar surface area (TPSA) is 206 Å². The summed E-state index contributed by atoms with van der Waals surface area (Å²) in [5.74, 6) is -2.00. The number of rotatable bonds is 37. The number of esters is 2. The highest BCUT2D eigenvalue weighted by molar-refractivity contribution is 7.47. The van der Waals surface area contributed by atoms with Crippen LogP contribution in [0.25, 0.3) is 0 Å². The van der Waals surface area contributed by atoms with Crippen molar-refractivity contribution in [3.8, 4) is 0 Å². The lowest BCUT2D eigenvalue weighted by Gasteiger charge is -2.20. The maximum absolute atomic E-state index is 12.7. The molecule has 1 saturated carbocycles. The second-order valence-corrected chi connectivity index (χ2v) is 16.9. The number of ether oxygens (including phenoxy) is 2. The first-order chi connectivity index (χ1) is 29.9. The van der Waals surface area contributed by atoms with E-state index in [1.54, 1.807) is 12.2 Å². The van der Waals surface area contributed by atoms with Crippen molar-refractivity contribution in [2.24, 2.45) is 11.8 Å². The summed E-state index contributed by atoms with van der Waals surface area (Å²) in [6.45, 7) is 1.79. The van der Waals surface area contributed by atoms with Crippen molar-refractivity contribution in [1.82, 2.24) is 0 Å². The van der Waals surface area contributed by atoms with Crippen molar-refractivity contribution >= 4 is 25.5 Å². The van der Waals surface area contributed by atoms with E-state index >= 15 is 0 Å². The third-order valence-electron chi connectivity index (χ3n) is 9.91. The molecule has 1 fully saturated rings. The molecule has 0 aromatic rings. The molecular weight excluding hydrogens is 815 g/mol. The SMILES string of the molecule is CC/C=C\C/C=C\C/C=C\C/C=C\C/C=C\CCCCCC(=O)OC[C@H](COP(=O)(O)OC[C@@H](O)CO)OC(=O)CCC/C=C\C[C@H]1[C@@H](O)CC(=O)[C@@H]1/C=C/[C@@H](O)CCCCC. The first-order valence-electron chi connectivity index (χ1n) is 22.6. The fraction of sp³-hybridized carbons (Fsp3) is 0.646. The molecule has 1 unspecified atom stereocenters. The fourth-order valence-electron chi connectivity index (χ4n) is 6.35. The van der Waals surface area contributed by atoms with Crippen molar-refractivity contribution in [3.05, 3.63) is 85.1 Å². The van der Waals surface area contributed by atoms with E-state index in [2.05, 4.69) is 79.1 Å². The summed E-state index contributed by atoms with van der Waals surface area (Å²) in [6, 6.07) is 0. The molecule has 0 amide bonds. The molecule has 7 atom stereocenters. The Morgan fingerprint density at radius 2 is 1.34 bits per heavy atom. The molecule has 62 heavy (non-hydrogen) atoms. The van der Waals surface area contributed by atoms with Gasteiger partial charge in [-0.25, -0.2) is 4.57 Å². The second-order valence-electron chi connectivity index (χ2n) is 15.5. The van der Waals surface area contributed by atoms with E-state index in [-0.39, 0.29) is 31.0 Å². The lowest BCUT2D eigenvalue weighted by Crippen LogP contribution is -2.29. The van der Waals surface area contributed by atoms with E-state index in [4.69, 9.17) is 19.1 Å². The number of Topliss-reactive ketones (excluding diaryl/α,β-unsaturated/α-hetero) is 1. The monoisotopic (exact) mass is 893 g/mol. The summed E-state index contributed by atoms with van der Waals surface area (Å²) in [5, 5.41) is 39.1. The molecule has 14 heteroatoms. The molecule has 1 aliphatic carbocycles. The van der Waals surface area contributed by atoms with Gasteiger partial charge in [-0.15, -0.1) is 0 Å². The van der Waals surface area contributed by atoms with Crippen LogP contribution in [0.3, 0.4) is 0 Å². The largest absolute Gasteiger partial charge is 0.472 e. The summed E-state index contributed by atoms with van der Waals surface area (Å²) in [7, 11) is -4.71. The zero-order valence-corrected chi connectivity index (χ0v) is 38.2. The number of aliphatic hydroxyl groups is 4. The van der Waals surface area contributed by atoms with Crippen LogP contribution in [0.2, 0.25) is 0 Å². The number of phosphoric acid groups is 1. The van der Waals surface area contributed by atoms with Crippen LogP contribution in [0.4, 0.5) is 0 Å². The number of phosphoric ester groups is 1. The number of aliphatic hydroxyl groups excluding tert-OH is 4. The van der Waals surface area contributed by atoms with Gasteiger partial charge in [0.25, 0.3) is 0 Å². The number of allylic oxidation sites excluding steroid dienone is 13. The smallest absolute Gasteiger partial charge is 0.462 e. The van der Waals surface area contributed by atoms with Gasteiger partial charge in [-0.3, -0.25) is 23.4 Å². The van der Waals surface area contributed by atoms with Gasteiger partial charge in [0, 0.05) is 31.1 Å². The van der Waals surface area contributed by atoms with Gasteiger partial charge >= 0.3 is 19.8 Å². The van der Waals surface area contributed by atoms with Crippen LogP contribution >= 0.6 is 7.82 Å². The Morgan fingerprint density at radius 3 is 1.98 bits per heavy atom. The number of carbonyl (C=O) groups is 3. The number of hydrogen-bond donors (Lipinski definition) is 5. The highest BCUT2D eigenvalue weighted by atomic mass is 31.2. The fourth-order valence-corrected chi connectivity index (χ4v) is 7.14. The Morgan fingerprint density at radius 1 is 0.742 bits per heavy atom. The predicted octanol–water partition coefficient (Wildman–Crippen LogP) is 8.81. The van der Waals surface area contributed by atoms with Gasteiger partial charge < -0.3 is 34.8 Å². The highest BCUT2D eigenvalue weighted by Gasteiger charge is 2.39. The molecule has 0 aromatic heterocycles. The molecule has 0 spiro atoms. The summed E-state index contributed by atoms with van der Waals surface area (Å²) in [6.07, 6.45) is 37.7. The Labute approximate surface area is 371 Å². The van der Waals surface area contributed by atoms with Crippen molar-refractivity contribution in [2.75, 3.05) is 26.4 Å². The van der Waals surface area contributed by atoms with Crippen molar-refractivity contribution < 1.29 is 62.8 Å². The Kier molecular flexibility index (Phi) is 34.0. The molecule has 0 saturated heterocycles. The van der Waals surface area contributed by atoms with Crippen LogP contribution in [0.1, 0.15) is 136 Å². The highest BCUT2D eigenvalue weighted by Crippen LogP contribution is 2.43. The Hall–Kier alpha value is -3.26. The standard InChI is InChI=1S/C48H77O13P/c1-3-5-7-8-9-10-11-12-13-14-15-16-17-18-19-20-21-22-27-31-47(54)58-38-42(39-60-62(56,57)59-37-41(51)36-49)61-48(55)32-28-24-23-26-30-43-44(46(53)35-45(43)52)34-33-40(50)29-25-6-4-2/h5,7,9-10,12-13,15-16,18-19,23,26,33-34,40-45,49-52H,3-4,6,8,11,14,17,20-22,24-25,27-32,35-39H2,1-2H3,(H,56,57)/b7-5-,10-9-,13-12-,16-15-,19-18-,26-23-,34-33+/t40-,41-,42+,43+,44+,45-/m0/s1. The van der Waals surface area contributed by atoms with Crippen LogP contribution < -0.4 is 0 Å². The summed E-state index contributed by atoms with van der Waals surface area (Å²) < 4.78 is 32.7. The maximum atomic E-state index is 12.7. The van der Waals surface area contributed by atoms with E-state index < -0.39 is 76.5 Å². The molecule has 0 heterocycles. The van der Waals surface area contributed by atoms with Crippen molar-refractivity contribution in [2.45, 2.75) is 160 Å². The van der Waals surface area contributed by atoms with Gasteiger partial charge in [-0.1, -0.05) is 125 Å². The number of unbranched alkanes of at least 4 members (excludes halogenated alkanes) is 6. The molecule has 13 nitrogen and oxygen atoms in total. The average Bonchev–Trinajstić information content (AvgIpc) is 3.52. The molecule has 0 radical (unpaired) electrons. The van der Waals surface area contributed by atoms with E-state index in [0.29, 0.717) is 32.1 Å². The second kappa shape index (κ2) is 37.1. The van der Waals surface area contributed by atoms with Gasteiger partial charge in [-0.2, -0.15) is 0 Å². The van der Waals surface area contributed by atoms with Crippen LogP contribution in [0, 0.1) is 11.8 Å². The molecule has 0 bridgehead atoms. The summed E-state index contributed by atoms with van der Waals surface area (Å²) in [5.41, 5.74) is 0. The van der Waals surface area contributed by atoms with Gasteiger partial charge in [0.1, 0.15) is 18.5 Å². The Balaban J connectivity index is 2.49. The predicted molar refractivity (Wildman–Crippen MR) is 243 cm³/mol. The Bertz CT molecular complexity index is 1470. The molecule has 352 valence electrons. The lowest BCUT2D eigenvalue weighted by atomic mass is 9.90. The van der Waals surface area contributed by atoms with E-state index in [1.807, 2.05) is 12.2 Å². The quantitative estimate of drug-likeness (QED) is 0.0171.